The molecule has 5 heteroatoms. The van der Waals surface area contributed by atoms with Gasteiger partial charge in [-0.15, -0.1) is 0 Å². The molecule has 0 saturated carbocycles. The quantitative estimate of drug-likeness (QED) is 0.800. The Balaban J connectivity index is 3.05. The summed E-state index contributed by atoms with van der Waals surface area (Å²) in [5.41, 5.74) is 7.14. The van der Waals surface area contributed by atoms with Crippen LogP contribution in [0.5, 0.6) is 11.5 Å². The van der Waals surface area contributed by atoms with Gasteiger partial charge in [0.25, 0.3) is 0 Å². The maximum Gasteiger partial charge on any atom is 0.320 e. The maximum absolute atomic E-state index is 10.7. The third-order valence-corrected chi connectivity index (χ3v) is 2.58. The van der Waals surface area contributed by atoms with Crippen LogP contribution in [0.25, 0.3) is 0 Å². The van der Waals surface area contributed by atoms with Crippen LogP contribution in [0.4, 0.5) is 0 Å². The third-order valence-electron chi connectivity index (χ3n) is 2.58. The van der Waals surface area contributed by atoms with E-state index in [4.69, 9.17) is 20.3 Å². The van der Waals surface area contributed by atoms with Crippen LogP contribution < -0.4 is 15.2 Å². The first kappa shape index (κ1) is 13.3. The van der Waals surface area contributed by atoms with Crippen LogP contribution in [0.15, 0.2) is 12.1 Å². The molecule has 0 aliphatic rings. The summed E-state index contributed by atoms with van der Waals surface area (Å²) < 4.78 is 10.4. The topological polar surface area (TPSA) is 81.8 Å². The van der Waals surface area contributed by atoms with Gasteiger partial charge < -0.3 is 20.3 Å². The number of benzene rings is 1. The van der Waals surface area contributed by atoms with E-state index in [1.54, 1.807) is 26.4 Å². The Morgan fingerprint density at radius 1 is 1.35 bits per heavy atom. The Morgan fingerprint density at radius 2 is 1.82 bits per heavy atom. The Labute approximate surface area is 100 Å². The lowest BCUT2D eigenvalue weighted by Gasteiger charge is -2.13. The molecule has 1 unspecified atom stereocenters. The molecule has 3 N–H and O–H groups in total. The summed E-state index contributed by atoms with van der Waals surface area (Å²) in [6, 6.07) is 2.63. The number of methoxy groups -OCH3 is 2. The molecule has 0 aliphatic carbocycles. The smallest absolute Gasteiger partial charge is 0.320 e. The van der Waals surface area contributed by atoms with Gasteiger partial charge >= 0.3 is 5.97 Å². The van der Waals surface area contributed by atoms with Gasteiger partial charge in [-0.2, -0.15) is 0 Å². The average Bonchev–Trinajstić information content (AvgIpc) is 2.30. The Kier molecular flexibility index (Phi) is 4.34. The lowest BCUT2D eigenvalue weighted by atomic mass is 10.0. The Hall–Kier alpha value is -1.75. The molecule has 0 amide bonds. The van der Waals surface area contributed by atoms with E-state index in [0.717, 1.165) is 11.1 Å². The summed E-state index contributed by atoms with van der Waals surface area (Å²) in [5.74, 6) is 0.303. The molecule has 0 spiro atoms. The van der Waals surface area contributed by atoms with Gasteiger partial charge in [0.2, 0.25) is 0 Å². The van der Waals surface area contributed by atoms with E-state index in [0.29, 0.717) is 11.5 Å². The van der Waals surface area contributed by atoms with Crippen molar-refractivity contribution in [1.29, 1.82) is 0 Å². The van der Waals surface area contributed by atoms with E-state index in [1.807, 2.05) is 6.92 Å². The molecule has 0 heterocycles. The second kappa shape index (κ2) is 5.54. The Bertz CT molecular complexity index is 392. The van der Waals surface area contributed by atoms with Gasteiger partial charge in [0, 0.05) is 5.56 Å². The predicted octanol–water partition coefficient (Wildman–Crippen LogP) is 0.967. The number of hydrogen-bond donors (Lipinski definition) is 2. The van der Waals surface area contributed by atoms with Crippen molar-refractivity contribution in [2.75, 3.05) is 14.2 Å². The minimum atomic E-state index is -1.02. The van der Waals surface area contributed by atoms with E-state index in [9.17, 15) is 4.79 Å². The number of aliphatic carboxylic acids is 1. The number of carbonyl (C=O) groups is 1. The van der Waals surface area contributed by atoms with Crippen molar-refractivity contribution in [2.24, 2.45) is 5.73 Å². The zero-order chi connectivity index (χ0) is 13.0. The van der Waals surface area contributed by atoms with E-state index in [-0.39, 0.29) is 6.42 Å². The molecule has 0 fully saturated rings. The molecule has 0 saturated heterocycles. The van der Waals surface area contributed by atoms with Crippen molar-refractivity contribution < 1.29 is 19.4 Å². The molecule has 94 valence electrons. The highest BCUT2D eigenvalue weighted by molar-refractivity contribution is 5.73. The van der Waals surface area contributed by atoms with Crippen LogP contribution in [0, 0.1) is 6.92 Å². The van der Waals surface area contributed by atoms with Crippen molar-refractivity contribution in [3.8, 4) is 11.5 Å². The van der Waals surface area contributed by atoms with Crippen LogP contribution in [0.2, 0.25) is 0 Å². The largest absolute Gasteiger partial charge is 0.496 e. The Morgan fingerprint density at radius 3 is 2.18 bits per heavy atom. The van der Waals surface area contributed by atoms with Crippen LogP contribution in [0.3, 0.4) is 0 Å². The van der Waals surface area contributed by atoms with Gasteiger partial charge in [0.15, 0.2) is 0 Å². The average molecular weight is 239 g/mol. The lowest BCUT2D eigenvalue weighted by Crippen LogP contribution is -2.32. The van der Waals surface area contributed by atoms with Crippen molar-refractivity contribution in [3.63, 3.8) is 0 Å². The maximum atomic E-state index is 10.7. The number of carboxylic acid groups (broad SMARTS) is 1. The second-order valence-corrected chi connectivity index (χ2v) is 3.77. The predicted molar refractivity (Wildman–Crippen MR) is 63.6 cm³/mol. The fourth-order valence-corrected chi connectivity index (χ4v) is 1.60. The summed E-state index contributed by atoms with van der Waals surface area (Å²) in [6.45, 7) is 1.87. The van der Waals surface area contributed by atoms with E-state index in [1.165, 1.54) is 0 Å². The molecule has 0 aromatic heterocycles. The number of carboxylic acids is 1. The molecule has 17 heavy (non-hydrogen) atoms. The summed E-state index contributed by atoms with van der Waals surface area (Å²) in [7, 11) is 3.12. The molecule has 1 atom stereocenters. The summed E-state index contributed by atoms with van der Waals surface area (Å²) >= 11 is 0. The molecule has 1 rings (SSSR count). The zero-order valence-corrected chi connectivity index (χ0v) is 10.2. The standard InChI is InChI=1S/C12H17NO4/c1-7-10(16-2)5-8(6-11(7)17-3)4-9(13)12(14)15/h5-6,9H,4,13H2,1-3H3,(H,14,15). The highest BCUT2D eigenvalue weighted by Gasteiger charge is 2.15. The molecule has 0 aliphatic heterocycles. The van der Waals surface area contributed by atoms with E-state index in [2.05, 4.69) is 0 Å². The summed E-state index contributed by atoms with van der Waals surface area (Å²) in [4.78, 5) is 10.7. The number of nitrogens with two attached hydrogens (primary N) is 1. The SMILES string of the molecule is COc1cc(CC(N)C(=O)O)cc(OC)c1C. The van der Waals surface area contributed by atoms with Crippen LogP contribution in [-0.2, 0) is 11.2 Å². The molecule has 0 radical (unpaired) electrons. The first-order chi connectivity index (χ1) is 7.99. The molecular weight excluding hydrogens is 222 g/mol. The minimum Gasteiger partial charge on any atom is -0.496 e. The molecule has 0 bridgehead atoms. The van der Waals surface area contributed by atoms with Gasteiger partial charge in [0.1, 0.15) is 17.5 Å². The summed E-state index contributed by atoms with van der Waals surface area (Å²) in [6.07, 6.45) is 0.238. The number of hydrogen-bond acceptors (Lipinski definition) is 4. The van der Waals surface area contributed by atoms with Gasteiger partial charge in [-0.25, -0.2) is 0 Å². The van der Waals surface area contributed by atoms with Crippen LogP contribution >= 0.6 is 0 Å². The molecule has 1 aromatic carbocycles. The first-order valence-electron chi connectivity index (χ1n) is 5.19. The molecule has 5 nitrogen and oxygen atoms in total. The second-order valence-electron chi connectivity index (χ2n) is 3.77. The zero-order valence-electron chi connectivity index (χ0n) is 10.2. The third kappa shape index (κ3) is 3.10. The van der Waals surface area contributed by atoms with E-state index < -0.39 is 12.0 Å². The lowest BCUT2D eigenvalue weighted by molar-refractivity contribution is -0.138. The minimum absolute atomic E-state index is 0.238. The van der Waals surface area contributed by atoms with E-state index >= 15 is 0 Å². The van der Waals surface area contributed by atoms with Crippen molar-refractivity contribution in [2.45, 2.75) is 19.4 Å². The normalized spacial score (nSPS) is 12.0. The number of ether oxygens (including phenoxy) is 2. The number of rotatable bonds is 5. The van der Waals surface area contributed by atoms with Crippen molar-refractivity contribution >= 4 is 5.97 Å². The molecule has 1 aromatic rings. The molecular formula is C12H17NO4. The van der Waals surface area contributed by atoms with Crippen molar-refractivity contribution in [3.05, 3.63) is 23.3 Å². The van der Waals surface area contributed by atoms with Crippen LogP contribution in [0.1, 0.15) is 11.1 Å². The monoisotopic (exact) mass is 239 g/mol. The van der Waals surface area contributed by atoms with Gasteiger partial charge in [-0.3, -0.25) is 4.79 Å². The highest BCUT2D eigenvalue weighted by atomic mass is 16.5. The first-order valence-corrected chi connectivity index (χ1v) is 5.19. The van der Waals surface area contributed by atoms with Gasteiger partial charge in [-0.05, 0) is 31.0 Å². The highest BCUT2D eigenvalue weighted by Crippen LogP contribution is 2.29. The van der Waals surface area contributed by atoms with Crippen LogP contribution in [-0.4, -0.2) is 31.3 Å². The fourth-order valence-electron chi connectivity index (χ4n) is 1.60. The van der Waals surface area contributed by atoms with Gasteiger partial charge in [0.05, 0.1) is 14.2 Å². The summed E-state index contributed by atoms with van der Waals surface area (Å²) in [5, 5.41) is 8.76. The van der Waals surface area contributed by atoms with Gasteiger partial charge in [-0.1, -0.05) is 0 Å². The van der Waals surface area contributed by atoms with Crippen molar-refractivity contribution in [1.82, 2.24) is 0 Å². The fraction of sp³-hybridized carbons (Fsp3) is 0.417.